The van der Waals surface area contributed by atoms with Crippen molar-refractivity contribution in [2.45, 2.75) is 70.4 Å². The average Bonchev–Trinajstić information content (AvgIpc) is 3.45. The van der Waals surface area contributed by atoms with Gasteiger partial charge in [-0.1, -0.05) is 13.3 Å². The summed E-state index contributed by atoms with van der Waals surface area (Å²) in [7, 11) is 1.78. The van der Waals surface area contributed by atoms with Crippen LogP contribution >= 0.6 is 0 Å². The molecule has 1 aromatic rings. The summed E-state index contributed by atoms with van der Waals surface area (Å²) in [6.07, 6.45) is 10.7. The van der Waals surface area contributed by atoms with E-state index in [0.29, 0.717) is 29.6 Å². The summed E-state index contributed by atoms with van der Waals surface area (Å²) in [4.78, 5) is 20.8. The highest BCUT2D eigenvalue weighted by Crippen LogP contribution is 2.40. The Kier molecular flexibility index (Phi) is 5.89. The Morgan fingerprint density at radius 2 is 2.04 bits per heavy atom. The van der Waals surface area contributed by atoms with Gasteiger partial charge in [-0.3, -0.25) is 4.79 Å². The van der Waals surface area contributed by atoms with Crippen LogP contribution in [0.5, 0.6) is 0 Å². The predicted molar refractivity (Wildman–Crippen MR) is 97.4 cm³/mol. The maximum atomic E-state index is 11.8. The van der Waals surface area contributed by atoms with Crippen LogP contribution < -0.4 is 11.1 Å². The van der Waals surface area contributed by atoms with Gasteiger partial charge < -0.3 is 15.8 Å². The molecule has 0 aliphatic heterocycles. The van der Waals surface area contributed by atoms with Gasteiger partial charge in [-0.2, -0.15) is 0 Å². The van der Waals surface area contributed by atoms with Crippen molar-refractivity contribution in [1.82, 2.24) is 9.97 Å². The standard InChI is InChI=1S/C19H30N4O2/c1-3-12(13-4-5-13)10-17-16(18(20)24)11-21-19(23-17)22-14-6-8-15(25-2)9-7-14/h11-15H,3-10H2,1-2H3,(H2,20,24)(H,21,22,23)/t12-,14?,15?/m1/s1. The van der Waals surface area contributed by atoms with Gasteiger partial charge in [0.25, 0.3) is 5.91 Å². The first kappa shape index (κ1) is 18.1. The number of aromatic nitrogens is 2. The molecule has 3 N–H and O–H groups in total. The largest absolute Gasteiger partial charge is 0.381 e. The molecule has 0 unspecified atom stereocenters. The smallest absolute Gasteiger partial charge is 0.252 e. The van der Waals surface area contributed by atoms with E-state index in [-0.39, 0.29) is 0 Å². The van der Waals surface area contributed by atoms with Crippen molar-refractivity contribution in [1.29, 1.82) is 0 Å². The molecule has 0 spiro atoms. The van der Waals surface area contributed by atoms with Gasteiger partial charge in [-0.05, 0) is 56.8 Å². The number of primary amides is 1. The van der Waals surface area contributed by atoms with Gasteiger partial charge in [0.1, 0.15) is 0 Å². The summed E-state index contributed by atoms with van der Waals surface area (Å²) in [5, 5.41) is 3.44. The van der Waals surface area contributed by atoms with Crippen LogP contribution in [-0.4, -0.2) is 35.1 Å². The van der Waals surface area contributed by atoms with E-state index >= 15 is 0 Å². The van der Waals surface area contributed by atoms with E-state index in [2.05, 4.69) is 22.2 Å². The summed E-state index contributed by atoms with van der Waals surface area (Å²) < 4.78 is 5.42. The molecule has 0 radical (unpaired) electrons. The van der Waals surface area contributed by atoms with E-state index in [1.807, 2.05) is 0 Å². The first-order valence-corrected chi connectivity index (χ1v) is 9.55. The molecule has 0 aromatic carbocycles. The topological polar surface area (TPSA) is 90.1 Å². The Labute approximate surface area is 149 Å². The molecular formula is C19H30N4O2. The third kappa shape index (κ3) is 4.69. The summed E-state index contributed by atoms with van der Waals surface area (Å²) in [5.74, 6) is 1.54. The SMILES string of the molecule is CC[C@H](Cc1nc(NC2CCC(OC)CC2)ncc1C(N)=O)C1CC1. The zero-order valence-electron chi connectivity index (χ0n) is 15.3. The molecule has 6 heteroatoms. The number of hydrogen-bond donors (Lipinski definition) is 2. The van der Waals surface area contributed by atoms with E-state index in [4.69, 9.17) is 10.5 Å². The van der Waals surface area contributed by atoms with Crippen molar-refractivity contribution >= 4 is 11.9 Å². The first-order chi connectivity index (χ1) is 12.1. The molecule has 3 rings (SSSR count). The molecule has 1 aromatic heterocycles. The number of nitrogens with two attached hydrogens (primary N) is 1. The number of rotatable bonds is 8. The Hall–Kier alpha value is -1.69. The third-order valence-electron chi connectivity index (χ3n) is 5.74. The number of nitrogens with one attached hydrogen (secondary N) is 1. The molecule has 138 valence electrons. The van der Waals surface area contributed by atoms with Gasteiger partial charge in [0, 0.05) is 19.3 Å². The highest BCUT2D eigenvalue weighted by molar-refractivity contribution is 5.93. The number of methoxy groups -OCH3 is 1. The minimum atomic E-state index is -0.437. The number of amides is 1. The summed E-state index contributed by atoms with van der Waals surface area (Å²) in [5.41, 5.74) is 6.80. The molecule has 0 bridgehead atoms. The lowest BCUT2D eigenvalue weighted by Crippen LogP contribution is -2.30. The Bertz CT molecular complexity index is 595. The summed E-state index contributed by atoms with van der Waals surface area (Å²) >= 11 is 0. The second kappa shape index (κ2) is 8.13. The highest BCUT2D eigenvalue weighted by atomic mass is 16.5. The lowest BCUT2D eigenvalue weighted by Gasteiger charge is -2.28. The van der Waals surface area contributed by atoms with Crippen molar-refractivity contribution in [2.75, 3.05) is 12.4 Å². The maximum Gasteiger partial charge on any atom is 0.252 e. The lowest BCUT2D eigenvalue weighted by atomic mass is 9.93. The fourth-order valence-corrected chi connectivity index (χ4v) is 3.93. The van der Waals surface area contributed by atoms with E-state index < -0.39 is 5.91 Å². The third-order valence-corrected chi connectivity index (χ3v) is 5.74. The van der Waals surface area contributed by atoms with Crippen LogP contribution in [0, 0.1) is 11.8 Å². The fraction of sp³-hybridized carbons (Fsp3) is 0.737. The Balaban J connectivity index is 1.70. The predicted octanol–water partition coefficient (Wildman–Crippen LogP) is 2.92. The second-order valence-electron chi connectivity index (χ2n) is 7.48. The van der Waals surface area contributed by atoms with Crippen molar-refractivity contribution in [3.8, 4) is 0 Å². The van der Waals surface area contributed by atoms with Crippen LogP contribution in [-0.2, 0) is 11.2 Å². The quantitative estimate of drug-likeness (QED) is 0.755. The van der Waals surface area contributed by atoms with Crippen LogP contribution in [0.3, 0.4) is 0 Å². The summed E-state index contributed by atoms with van der Waals surface area (Å²) in [6, 6.07) is 0.365. The van der Waals surface area contributed by atoms with E-state index in [0.717, 1.165) is 50.1 Å². The number of hydrogen-bond acceptors (Lipinski definition) is 5. The Morgan fingerprint density at radius 1 is 1.32 bits per heavy atom. The van der Waals surface area contributed by atoms with Crippen LogP contribution in [0.2, 0.25) is 0 Å². The van der Waals surface area contributed by atoms with E-state index in [1.54, 1.807) is 13.3 Å². The number of anilines is 1. The molecule has 6 nitrogen and oxygen atoms in total. The monoisotopic (exact) mass is 346 g/mol. The molecule has 2 saturated carbocycles. The number of ether oxygens (including phenoxy) is 1. The van der Waals surface area contributed by atoms with Gasteiger partial charge in [0.2, 0.25) is 5.95 Å². The van der Waals surface area contributed by atoms with Gasteiger partial charge >= 0.3 is 0 Å². The fourth-order valence-electron chi connectivity index (χ4n) is 3.93. The maximum absolute atomic E-state index is 11.8. The Morgan fingerprint density at radius 3 is 2.60 bits per heavy atom. The average molecular weight is 346 g/mol. The first-order valence-electron chi connectivity index (χ1n) is 9.55. The van der Waals surface area contributed by atoms with Crippen LogP contribution in [0.25, 0.3) is 0 Å². The molecule has 1 amide bonds. The molecule has 2 fully saturated rings. The van der Waals surface area contributed by atoms with Crippen LogP contribution in [0.15, 0.2) is 6.20 Å². The van der Waals surface area contributed by atoms with Crippen LogP contribution in [0.4, 0.5) is 5.95 Å². The minimum absolute atomic E-state index is 0.365. The molecule has 1 atom stereocenters. The van der Waals surface area contributed by atoms with Gasteiger partial charge in [-0.25, -0.2) is 9.97 Å². The zero-order chi connectivity index (χ0) is 17.8. The van der Waals surface area contributed by atoms with E-state index in [1.165, 1.54) is 12.8 Å². The minimum Gasteiger partial charge on any atom is -0.381 e. The van der Waals surface area contributed by atoms with Crippen molar-refractivity contribution in [3.63, 3.8) is 0 Å². The number of nitrogens with zero attached hydrogens (tertiary/aromatic N) is 2. The zero-order valence-corrected chi connectivity index (χ0v) is 15.3. The normalized spacial score (nSPS) is 24.7. The van der Waals surface area contributed by atoms with E-state index in [9.17, 15) is 4.79 Å². The van der Waals surface area contributed by atoms with Gasteiger partial charge in [0.05, 0.1) is 17.4 Å². The second-order valence-corrected chi connectivity index (χ2v) is 7.48. The number of carbonyl (C=O) groups excluding carboxylic acids is 1. The van der Waals surface area contributed by atoms with Crippen molar-refractivity contribution in [2.24, 2.45) is 17.6 Å². The van der Waals surface area contributed by atoms with Crippen LogP contribution in [0.1, 0.15) is 67.9 Å². The summed E-state index contributed by atoms with van der Waals surface area (Å²) in [6.45, 7) is 2.21. The molecule has 25 heavy (non-hydrogen) atoms. The molecular weight excluding hydrogens is 316 g/mol. The molecule has 2 aliphatic carbocycles. The molecule has 2 aliphatic rings. The number of carbonyl (C=O) groups is 1. The van der Waals surface area contributed by atoms with Gasteiger partial charge in [-0.15, -0.1) is 0 Å². The molecule has 1 heterocycles. The van der Waals surface area contributed by atoms with Gasteiger partial charge in [0.15, 0.2) is 0 Å². The van der Waals surface area contributed by atoms with Crippen molar-refractivity contribution in [3.05, 3.63) is 17.5 Å². The lowest BCUT2D eigenvalue weighted by molar-refractivity contribution is 0.0681. The van der Waals surface area contributed by atoms with Crippen molar-refractivity contribution < 1.29 is 9.53 Å². The highest BCUT2D eigenvalue weighted by Gasteiger charge is 2.31. The molecule has 0 saturated heterocycles.